The van der Waals surface area contributed by atoms with E-state index in [-0.39, 0.29) is 17.6 Å². The third-order valence-electron chi connectivity index (χ3n) is 3.63. The van der Waals surface area contributed by atoms with E-state index in [0.29, 0.717) is 18.9 Å². The Balaban J connectivity index is 1.43. The van der Waals surface area contributed by atoms with E-state index in [1.807, 2.05) is 41.9 Å². The lowest BCUT2D eigenvalue weighted by Gasteiger charge is -2.24. The molecule has 0 saturated heterocycles. The molecule has 2 atom stereocenters. The molecule has 2 aliphatic rings. The number of carbonyl (C=O) groups is 1. The van der Waals surface area contributed by atoms with Crippen LogP contribution in [0.4, 0.5) is 0 Å². The Morgan fingerprint density at radius 2 is 2.21 bits per heavy atom. The van der Waals surface area contributed by atoms with Gasteiger partial charge in [0.1, 0.15) is 16.9 Å². The lowest BCUT2D eigenvalue weighted by atomic mass is 10.2. The minimum atomic E-state index is -0.114. The quantitative estimate of drug-likeness (QED) is 0.508. The molecule has 5 N–H and O–H groups in total. The molecule has 1 aromatic carbocycles. The van der Waals surface area contributed by atoms with Crippen molar-refractivity contribution in [1.82, 2.24) is 26.6 Å². The SMILES string of the molecule is COc1ccc(CNC(=O)C2=CSC(NC3C=CNCN3)N2)cc1. The fourth-order valence-corrected chi connectivity index (χ4v) is 3.17. The monoisotopic (exact) mass is 347 g/mol. The summed E-state index contributed by atoms with van der Waals surface area (Å²) in [5.74, 6) is 0.688. The summed E-state index contributed by atoms with van der Waals surface area (Å²) in [6.45, 7) is 1.19. The van der Waals surface area contributed by atoms with Gasteiger partial charge in [-0.15, -0.1) is 0 Å². The highest BCUT2D eigenvalue weighted by Crippen LogP contribution is 2.19. The molecule has 2 heterocycles. The number of benzene rings is 1. The average Bonchev–Trinajstić information content (AvgIpc) is 3.09. The number of hydrogen-bond donors (Lipinski definition) is 5. The summed E-state index contributed by atoms with van der Waals surface area (Å²) >= 11 is 1.54. The van der Waals surface area contributed by atoms with Crippen LogP contribution in [-0.2, 0) is 11.3 Å². The molecule has 0 fully saturated rings. The van der Waals surface area contributed by atoms with E-state index in [1.54, 1.807) is 18.9 Å². The molecule has 8 heteroatoms. The lowest BCUT2D eigenvalue weighted by molar-refractivity contribution is -0.118. The predicted molar refractivity (Wildman–Crippen MR) is 94.6 cm³/mol. The van der Waals surface area contributed by atoms with Crippen LogP contribution >= 0.6 is 11.8 Å². The zero-order chi connectivity index (χ0) is 16.8. The number of amides is 1. The van der Waals surface area contributed by atoms with Crippen molar-refractivity contribution in [3.63, 3.8) is 0 Å². The van der Waals surface area contributed by atoms with Gasteiger partial charge >= 0.3 is 0 Å². The first-order valence-corrected chi connectivity index (χ1v) is 8.62. The second-order valence-corrected chi connectivity index (χ2v) is 6.29. The van der Waals surface area contributed by atoms with Gasteiger partial charge in [0.25, 0.3) is 5.91 Å². The summed E-state index contributed by atoms with van der Waals surface area (Å²) in [5, 5.41) is 17.6. The van der Waals surface area contributed by atoms with Crippen molar-refractivity contribution in [2.75, 3.05) is 13.8 Å². The number of carbonyl (C=O) groups excluding carboxylic acids is 1. The third-order valence-corrected chi connectivity index (χ3v) is 4.52. The van der Waals surface area contributed by atoms with E-state index in [0.717, 1.165) is 11.3 Å². The van der Waals surface area contributed by atoms with E-state index < -0.39 is 0 Å². The minimum absolute atomic E-state index is 0.0352. The molecular weight excluding hydrogens is 326 g/mol. The smallest absolute Gasteiger partial charge is 0.268 e. The molecule has 1 amide bonds. The van der Waals surface area contributed by atoms with Crippen LogP contribution in [0.5, 0.6) is 5.75 Å². The molecule has 24 heavy (non-hydrogen) atoms. The molecular formula is C16H21N5O2S. The molecule has 0 radical (unpaired) electrons. The van der Waals surface area contributed by atoms with Crippen molar-refractivity contribution in [1.29, 1.82) is 0 Å². The van der Waals surface area contributed by atoms with Gasteiger partial charge in [0.2, 0.25) is 0 Å². The molecule has 7 nitrogen and oxygen atoms in total. The van der Waals surface area contributed by atoms with Gasteiger partial charge in [-0.05, 0) is 30.0 Å². The Bertz CT molecular complexity index is 632. The van der Waals surface area contributed by atoms with E-state index >= 15 is 0 Å². The number of methoxy groups -OCH3 is 1. The summed E-state index contributed by atoms with van der Waals surface area (Å²) < 4.78 is 5.12. The summed E-state index contributed by atoms with van der Waals surface area (Å²) in [4.78, 5) is 12.2. The van der Waals surface area contributed by atoms with Crippen LogP contribution in [0.25, 0.3) is 0 Å². The molecule has 1 aromatic rings. The molecule has 0 bridgehead atoms. The fourth-order valence-electron chi connectivity index (χ4n) is 2.30. The Morgan fingerprint density at radius 1 is 1.38 bits per heavy atom. The molecule has 2 aliphatic heterocycles. The predicted octanol–water partition coefficient (Wildman–Crippen LogP) is 0.353. The summed E-state index contributed by atoms with van der Waals surface area (Å²) in [7, 11) is 1.63. The minimum Gasteiger partial charge on any atom is -0.497 e. The first-order chi connectivity index (χ1) is 11.7. The lowest BCUT2D eigenvalue weighted by Crippen LogP contribution is -2.53. The highest BCUT2D eigenvalue weighted by Gasteiger charge is 2.23. The van der Waals surface area contributed by atoms with Gasteiger partial charge in [0, 0.05) is 12.0 Å². The summed E-state index contributed by atoms with van der Waals surface area (Å²) in [6.07, 6.45) is 3.98. The fraction of sp³-hybridized carbons (Fsp3) is 0.312. The van der Waals surface area contributed by atoms with E-state index in [9.17, 15) is 4.79 Å². The maximum Gasteiger partial charge on any atom is 0.268 e. The first-order valence-electron chi connectivity index (χ1n) is 7.67. The van der Waals surface area contributed by atoms with Gasteiger partial charge in [-0.2, -0.15) is 0 Å². The largest absolute Gasteiger partial charge is 0.497 e. The third kappa shape index (κ3) is 4.44. The Hall–Kier alpha value is -2.16. The van der Waals surface area contributed by atoms with Gasteiger partial charge in [-0.3, -0.25) is 15.4 Å². The summed E-state index contributed by atoms with van der Waals surface area (Å²) in [6, 6.07) is 7.63. The zero-order valence-electron chi connectivity index (χ0n) is 13.3. The van der Waals surface area contributed by atoms with E-state index in [2.05, 4.69) is 26.6 Å². The molecule has 2 unspecified atom stereocenters. The maximum absolute atomic E-state index is 12.2. The van der Waals surface area contributed by atoms with Crippen molar-refractivity contribution < 1.29 is 9.53 Å². The number of nitrogens with one attached hydrogen (secondary N) is 5. The van der Waals surface area contributed by atoms with Crippen LogP contribution in [0.15, 0.2) is 47.6 Å². The van der Waals surface area contributed by atoms with E-state index in [4.69, 9.17) is 4.74 Å². The van der Waals surface area contributed by atoms with Crippen molar-refractivity contribution >= 4 is 17.7 Å². The van der Waals surface area contributed by atoms with Gasteiger partial charge in [-0.1, -0.05) is 23.9 Å². The zero-order valence-corrected chi connectivity index (χ0v) is 14.2. The topological polar surface area (TPSA) is 86.5 Å². The van der Waals surface area contributed by atoms with Crippen LogP contribution in [0.1, 0.15) is 5.56 Å². The average molecular weight is 347 g/mol. The normalized spacial score (nSPS) is 22.3. The van der Waals surface area contributed by atoms with Crippen LogP contribution in [-0.4, -0.2) is 31.3 Å². The molecule has 0 aliphatic carbocycles. The van der Waals surface area contributed by atoms with E-state index in [1.165, 1.54) is 0 Å². The molecule has 0 aromatic heterocycles. The summed E-state index contributed by atoms with van der Waals surface area (Å²) in [5.41, 5.74) is 1.56. The number of ether oxygens (including phenoxy) is 1. The second kappa shape index (κ2) is 8.09. The van der Waals surface area contributed by atoms with Gasteiger partial charge < -0.3 is 20.7 Å². The van der Waals surface area contributed by atoms with Gasteiger partial charge in [0.05, 0.1) is 19.9 Å². The van der Waals surface area contributed by atoms with Crippen LogP contribution in [0, 0.1) is 0 Å². The van der Waals surface area contributed by atoms with Crippen molar-refractivity contribution in [2.24, 2.45) is 0 Å². The van der Waals surface area contributed by atoms with Crippen molar-refractivity contribution in [2.45, 2.75) is 18.2 Å². The second-order valence-electron chi connectivity index (χ2n) is 5.31. The number of hydrogen-bond acceptors (Lipinski definition) is 7. The number of rotatable bonds is 6. The van der Waals surface area contributed by atoms with Crippen LogP contribution in [0.3, 0.4) is 0 Å². The first kappa shape index (κ1) is 16.7. The molecule has 128 valence electrons. The van der Waals surface area contributed by atoms with Gasteiger partial charge in [-0.25, -0.2) is 0 Å². The Kier molecular flexibility index (Phi) is 5.63. The molecule has 0 saturated carbocycles. The highest BCUT2D eigenvalue weighted by molar-refractivity contribution is 8.02. The Labute approximate surface area is 145 Å². The highest BCUT2D eigenvalue weighted by atomic mass is 32.2. The van der Waals surface area contributed by atoms with Gasteiger partial charge in [0.15, 0.2) is 0 Å². The van der Waals surface area contributed by atoms with Crippen LogP contribution in [0.2, 0.25) is 0 Å². The maximum atomic E-state index is 12.2. The Morgan fingerprint density at radius 3 is 2.92 bits per heavy atom. The molecule has 3 rings (SSSR count). The molecule has 0 spiro atoms. The van der Waals surface area contributed by atoms with Crippen molar-refractivity contribution in [3.05, 3.63) is 53.2 Å². The van der Waals surface area contributed by atoms with Crippen molar-refractivity contribution in [3.8, 4) is 5.75 Å². The number of thioether (sulfide) groups is 1. The van der Waals surface area contributed by atoms with Crippen LogP contribution < -0.4 is 31.3 Å². The standard InChI is InChI=1S/C16H21N5O2S/c1-23-12-4-2-11(3-5-12)8-18-15(22)13-9-24-16(20-13)21-14-6-7-17-10-19-14/h2-7,9,14,16-17,19-21H,8,10H2,1H3,(H,18,22).